The van der Waals surface area contributed by atoms with Crippen LogP contribution in [-0.2, 0) is 4.79 Å². The van der Waals surface area contributed by atoms with Crippen LogP contribution in [0, 0.1) is 11.3 Å². The summed E-state index contributed by atoms with van der Waals surface area (Å²) >= 11 is 11.9. The number of rotatable bonds is 4. The van der Waals surface area contributed by atoms with E-state index in [1.54, 1.807) is 12.1 Å². The van der Waals surface area contributed by atoms with Gasteiger partial charge in [0.1, 0.15) is 11.6 Å². The lowest BCUT2D eigenvalue weighted by Crippen LogP contribution is -2.13. The molecular formula is C18H15Cl2N3O. The Bertz CT molecular complexity index is 821. The highest BCUT2D eigenvalue weighted by Gasteiger charge is 2.12. The summed E-state index contributed by atoms with van der Waals surface area (Å²) in [7, 11) is 3.88. The Morgan fingerprint density at radius 3 is 2.42 bits per heavy atom. The SMILES string of the molecule is CN(C)c1ccc(/C=C(\C#N)C(=O)Nc2cc(Cl)ccc2Cl)cc1. The number of benzene rings is 2. The van der Waals surface area contributed by atoms with Crippen molar-refractivity contribution >= 4 is 46.6 Å². The maximum atomic E-state index is 12.3. The lowest BCUT2D eigenvalue weighted by molar-refractivity contribution is -0.112. The second-order valence-corrected chi connectivity index (χ2v) is 6.08. The number of halogens is 2. The van der Waals surface area contributed by atoms with Crippen LogP contribution in [0.3, 0.4) is 0 Å². The summed E-state index contributed by atoms with van der Waals surface area (Å²) in [6.07, 6.45) is 1.52. The predicted molar refractivity (Wildman–Crippen MR) is 99.5 cm³/mol. The van der Waals surface area contributed by atoms with Crippen molar-refractivity contribution in [2.24, 2.45) is 0 Å². The molecular weight excluding hydrogens is 345 g/mol. The molecule has 0 aliphatic rings. The fraction of sp³-hybridized carbons (Fsp3) is 0.111. The minimum atomic E-state index is -0.543. The first kappa shape index (κ1) is 17.9. The molecule has 0 saturated carbocycles. The topological polar surface area (TPSA) is 56.1 Å². The number of hydrogen-bond donors (Lipinski definition) is 1. The van der Waals surface area contributed by atoms with Crippen LogP contribution in [0.15, 0.2) is 48.0 Å². The first-order valence-corrected chi connectivity index (χ1v) is 7.82. The van der Waals surface area contributed by atoms with Gasteiger partial charge in [-0.1, -0.05) is 35.3 Å². The van der Waals surface area contributed by atoms with E-state index in [4.69, 9.17) is 23.2 Å². The molecule has 0 atom stereocenters. The third-order valence-corrected chi connectivity index (χ3v) is 3.83. The van der Waals surface area contributed by atoms with E-state index in [0.29, 0.717) is 15.7 Å². The molecule has 0 aliphatic carbocycles. The maximum absolute atomic E-state index is 12.3. The summed E-state index contributed by atoms with van der Waals surface area (Å²) in [4.78, 5) is 14.2. The second-order valence-electron chi connectivity index (χ2n) is 5.23. The molecule has 2 aromatic carbocycles. The molecule has 1 N–H and O–H groups in total. The Labute approximate surface area is 150 Å². The summed E-state index contributed by atoms with van der Waals surface area (Å²) in [5, 5.41) is 12.6. The molecule has 0 bridgehead atoms. The Kier molecular flexibility index (Phi) is 5.86. The van der Waals surface area contributed by atoms with E-state index in [0.717, 1.165) is 11.3 Å². The number of hydrogen-bond acceptors (Lipinski definition) is 3. The van der Waals surface area contributed by atoms with Crippen molar-refractivity contribution in [3.63, 3.8) is 0 Å². The quantitative estimate of drug-likeness (QED) is 0.640. The number of carbonyl (C=O) groups is 1. The summed E-state index contributed by atoms with van der Waals surface area (Å²) in [5.41, 5.74) is 2.12. The molecule has 6 heteroatoms. The highest BCUT2D eigenvalue weighted by Crippen LogP contribution is 2.26. The van der Waals surface area contributed by atoms with E-state index in [1.165, 1.54) is 12.1 Å². The van der Waals surface area contributed by atoms with Crippen molar-refractivity contribution in [2.75, 3.05) is 24.3 Å². The van der Waals surface area contributed by atoms with Gasteiger partial charge in [-0.2, -0.15) is 5.26 Å². The minimum absolute atomic E-state index is 0.0244. The van der Waals surface area contributed by atoms with E-state index < -0.39 is 5.91 Å². The minimum Gasteiger partial charge on any atom is -0.378 e. The largest absolute Gasteiger partial charge is 0.378 e. The Morgan fingerprint density at radius 1 is 1.17 bits per heavy atom. The van der Waals surface area contributed by atoms with Gasteiger partial charge in [0.2, 0.25) is 0 Å². The van der Waals surface area contributed by atoms with Gasteiger partial charge in [-0.25, -0.2) is 0 Å². The molecule has 0 aliphatic heterocycles. The molecule has 2 rings (SSSR count). The van der Waals surface area contributed by atoms with Crippen LogP contribution in [0.4, 0.5) is 11.4 Å². The third kappa shape index (κ3) is 4.51. The van der Waals surface area contributed by atoms with Gasteiger partial charge in [0.05, 0.1) is 10.7 Å². The standard InChI is InChI=1S/C18H15Cl2N3O/c1-23(2)15-6-3-12(4-7-15)9-13(11-21)18(24)22-17-10-14(19)5-8-16(17)20/h3-10H,1-2H3,(H,22,24)/b13-9+. The van der Waals surface area contributed by atoms with Crippen LogP contribution in [0.25, 0.3) is 6.08 Å². The van der Waals surface area contributed by atoms with Crippen molar-refractivity contribution in [3.05, 3.63) is 63.6 Å². The highest BCUT2D eigenvalue weighted by atomic mass is 35.5. The zero-order valence-corrected chi connectivity index (χ0v) is 14.7. The smallest absolute Gasteiger partial charge is 0.266 e. The fourth-order valence-electron chi connectivity index (χ4n) is 1.97. The fourth-order valence-corrected chi connectivity index (χ4v) is 2.30. The van der Waals surface area contributed by atoms with Gasteiger partial charge in [-0.15, -0.1) is 0 Å². The first-order chi connectivity index (χ1) is 11.4. The normalized spacial score (nSPS) is 10.9. The van der Waals surface area contributed by atoms with Crippen molar-refractivity contribution in [2.45, 2.75) is 0 Å². The van der Waals surface area contributed by atoms with Gasteiger partial charge >= 0.3 is 0 Å². The third-order valence-electron chi connectivity index (χ3n) is 3.26. The average Bonchev–Trinajstić information content (AvgIpc) is 2.56. The highest BCUT2D eigenvalue weighted by molar-refractivity contribution is 6.36. The van der Waals surface area contributed by atoms with Crippen LogP contribution in [-0.4, -0.2) is 20.0 Å². The monoisotopic (exact) mass is 359 g/mol. The summed E-state index contributed by atoms with van der Waals surface area (Å²) in [5.74, 6) is -0.543. The van der Waals surface area contributed by atoms with Crippen molar-refractivity contribution in [1.29, 1.82) is 5.26 Å². The Morgan fingerprint density at radius 2 is 1.83 bits per heavy atom. The lowest BCUT2D eigenvalue weighted by Gasteiger charge is -2.12. The van der Waals surface area contributed by atoms with Crippen LogP contribution in [0.2, 0.25) is 10.0 Å². The maximum Gasteiger partial charge on any atom is 0.266 e. The van der Waals surface area contributed by atoms with Gasteiger partial charge in [0, 0.05) is 24.8 Å². The summed E-state index contributed by atoms with van der Waals surface area (Å²) in [6.45, 7) is 0. The van der Waals surface area contributed by atoms with E-state index >= 15 is 0 Å². The number of anilines is 2. The number of amides is 1. The molecule has 24 heavy (non-hydrogen) atoms. The Hall–Kier alpha value is -2.48. The van der Waals surface area contributed by atoms with E-state index in [-0.39, 0.29) is 5.57 Å². The molecule has 0 radical (unpaired) electrons. The number of nitriles is 1. The molecule has 4 nitrogen and oxygen atoms in total. The van der Waals surface area contributed by atoms with Crippen LogP contribution < -0.4 is 10.2 Å². The molecule has 0 unspecified atom stereocenters. The van der Waals surface area contributed by atoms with E-state index in [9.17, 15) is 10.1 Å². The van der Waals surface area contributed by atoms with E-state index in [1.807, 2.05) is 49.3 Å². The van der Waals surface area contributed by atoms with Crippen LogP contribution >= 0.6 is 23.2 Å². The predicted octanol–water partition coefficient (Wildman–Crippen LogP) is 4.61. The zero-order valence-electron chi connectivity index (χ0n) is 13.2. The number of carbonyl (C=O) groups excluding carboxylic acids is 1. The van der Waals surface area contributed by atoms with Crippen LogP contribution in [0.5, 0.6) is 0 Å². The van der Waals surface area contributed by atoms with Gasteiger partial charge in [0.25, 0.3) is 5.91 Å². The van der Waals surface area contributed by atoms with Crippen molar-refractivity contribution in [3.8, 4) is 6.07 Å². The first-order valence-electron chi connectivity index (χ1n) is 7.06. The van der Waals surface area contributed by atoms with Gasteiger partial charge in [0.15, 0.2) is 0 Å². The zero-order chi connectivity index (χ0) is 17.7. The van der Waals surface area contributed by atoms with Gasteiger partial charge < -0.3 is 10.2 Å². The lowest BCUT2D eigenvalue weighted by atomic mass is 10.1. The van der Waals surface area contributed by atoms with Gasteiger partial charge in [-0.05, 0) is 42.0 Å². The molecule has 122 valence electrons. The van der Waals surface area contributed by atoms with Crippen molar-refractivity contribution in [1.82, 2.24) is 0 Å². The molecule has 0 fully saturated rings. The van der Waals surface area contributed by atoms with E-state index in [2.05, 4.69) is 5.32 Å². The van der Waals surface area contributed by atoms with Crippen LogP contribution in [0.1, 0.15) is 5.56 Å². The van der Waals surface area contributed by atoms with Crippen molar-refractivity contribution < 1.29 is 4.79 Å². The molecule has 2 aromatic rings. The second kappa shape index (κ2) is 7.87. The molecule has 0 spiro atoms. The summed E-state index contributed by atoms with van der Waals surface area (Å²) in [6, 6.07) is 14.1. The Balaban J connectivity index is 2.22. The molecule has 0 saturated heterocycles. The van der Waals surface area contributed by atoms with Gasteiger partial charge in [-0.3, -0.25) is 4.79 Å². The molecule has 1 amide bonds. The number of nitrogens with zero attached hydrogens (tertiary/aromatic N) is 2. The molecule has 0 heterocycles. The molecule has 0 aromatic heterocycles. The average molecular weight is 360 g/mol. The number of nitrogens with one attached hydrogen (secondary N) is 1. The summed E-state index contributed by atoms with van der Waals surface area (Å²) < 4.78 is 0.